The predicted molar refractivity (Wildman–Crippen MR) is 128 cm³/mol. The zero-order valence-electron chi connectivity index (χ0n) is 19.5. The van der Waals surface area contributed by atoms with Crippen molar-refractivity contribution in [3.63, 3.8) is 0 Å². The number of piperazine rings is 1. The van der Waals surface area contributed by atoms with E-state index in [4.69, 9.17) is 4.74 Å². The van der Waals surface area contributed by atoms with Crippen LogP contribution in [0.1, 0.15) is 43.9 Å². The lowest BCUT2D eigenvalue weighted by Crippen LogP contribution is -2.55. The van der Waals surface area contributed by atoms with E-state index in [-0.39, 0.29) is 18.6 Å². The van der Waals surface area contributed by atoms with Gasteiger partial charge in [-0.3, -0.25) is 9.69 Å². The topological polar surface area (TPSA) is 44.8 Å². The van der Waals surface area contributed by atoms with Crippen molar-refractivity contribution in [2.75, 3.05) is 39.3 Å². The maximum atomic E-state index is 12.9. The molecule has 0 aliphatic carbocycles. The summed E-state index contributed by atoms with van der Waals surface area (Å²) in [5.74, 6) is 0.781. The van der Waals surface area contributed by atoms with Gasteiger partial charge in [0.25, 0.3) is 0 Å². The Bertz CT molecular complexity index is 787. The molecule has 2 heterocycles. The maximum absolute atomic E-state index is 12.9. The van der Waals surface area contributed by atoms with Gasteiger partial charge in [-0.25, -0.2) is 0 Å². The second kappa shape index (κ2) is 11.1. The van der Waals surface area contributed by atoms with Crippen molar-refractivity contribution in [1.82, 2.24) is 15.1 Å². The normalized spacial score (nSPS) is 22.9. The van der Waals surface area contributed by atoms with Crippen molar-refractivity contribution in [2.24, 2.45) is 5.92 Å². The molecule has 172 valence electrons. The number of hydrogen-bond donors (Lipinski definition) is 1. The molecule has 0 spiro atoms. The number of carbonyl (C=O) groups excluding carboxylic acids is 1. The van der Waals surface area contributed by atoms with Gasteiger partial charge in [0, 0.05) is 44.8 Å². The fraction of sp³-hybridized carbons (Fsp3) is 0.519. The highest BCUT2D eigenvalue weighted by Gasteiger charge is 2.28. The fourth-order valence-electron chi connectivity index (χ4n) is 5.21. The van der Waals surface area contributed by atoms with Crippen molar-refractivity contribution < 1.29 is 9.53 Å². The van der Waals surface area contributed by atoms with Crippen LogP contribution in [0.3, 0.4) is 0 Å². The van der Waals surface area contributed by atoms with Gasteiger partial charge in [-0.2, -0.15) is 0 Å². The number of carbonyl (C=O) groups is 1. The highest BCUT2D eigenvalue weighted by Crippen LogP contribution is 2.26. The molecule has 2 aromatic rings. The van der Waals surface area contributed by atoms with Crippen LogP contribution in [0.4, 0.5) is 0 Å². The molecular weight excluding hydrogens is 398 g/mol. The summed E-state index contributed by atoms with van der Waals surface area (Å²) in [5, 5.41) is 3.61. The first-order valence-corrected chi connectivity index (χ1v) is 12.1. The van der Waals surface area contributed by atoms with Gasteiger partial charge in [-0.05, 0) is 43.7 Å². The van der Waals surface area contributed by atoms with Crippen LogP contribution in [0, 0.1) is 5.92 Å². The summed E-state index contributed by atoms with van der Waals surface area (Å²) in [6.07, 6.45) is 1.94. The average Bonchev–Trinajstić information content (AvgIpc) is 2.80. The van der Waals surface area contributed by atoms with Crippen LogP contribution in [0.25, 0.3) is 0 Å². The Hall–Kier alpha value is -2.21. The largest absolute Gasteiger partial charge is 0.359 e. The quantitative estimate of drug-likeness (QED) is 0.720. The average molecular weight is 436 g/mol. The Morgan fingerprint density at radius 3 is 2.00 bits per heavy atom. The van der Waals surface area contributed by atoms with Crippen molar-refractivity contribution in [2.45, 2.75) is 44.9 Å². The Morgan fingerprint density at radius 1 is 0.938 bits per heavy atom. The van der Waals surface area contributed by atoms with Crippen LogP contribution < -0.4 is 5.32 Å². The van der Waals surface area contributed by atoms with E-state index in [1.165, 1.54) is 0 Å². The van der Waals surface area contributed by atoms with E-state index in [2.05, 4.69) is 48.3 Å². The first-order valence-electron chi connectivity index (χ1n) is 12.1. The highest BCUT2D eigenvalue weighted by atomic mass is 16.5. The molecule has 2 unspecified atom stereocenters. The lowest BCUT2D eigenvalue weighted by Gasteiger charge is -2.40. The van der Waals surface area contributed by atoms with Gasteiger partial charge in [0.2, 0.25) is 5.91 Å². The molecule has 5 nitrogen and oxygen atoms in total. The predicted octanol–water partition coefficient (Wildman–Crippen LogP) is 3.71. The van der Waals surface area contributed by atoms with Gasteiger partial charge in [0.15, 0.2) is 0 Å². The third kappa shape index (κ3) is 6.18. The van der Waals surface area contributed by atoms with Gasteiger partial charge >= 0.3 is 0 Å². The van der Waals surface area contributed by atoms with E-state index in [1.54, 1.807) is 0 Å². The van der Waals surface area contributed by atoms with Gasteiger partial charge in [-0.1, -0.05) is 60.7 Å². The third-order valence-electron chi connectivity index (χ3n) is 6.69. The summed E-state index contributed by atoms with van der Waals surface area (Å²) >= 11 is 0. The van der Waals surface area contributed by atoms with Crippen molar-refractivity contribution in [3.05, 3.63) is 71.8 Å². The third-order valence-corrected chi connectivity index (χ3v) is 6.69. The lowest BCUT2D eigenvalue weighted by molar-refractivity contribution is -0.139. The van der Waals surface area contributed by atoms with Crippen LogP contribution in [0.2, 0.25) is 0 Å². The molecule has 32 heavy (non-hydrogen) atoms. The molecule has 2 saturated heterocycles. The monoisotopic (exact) mass is 435 g/mol. The van der Waals surface area contributed by atoms with E-state index in [1.807, 2.05) is 41.3 Å². The Labute approximate surface area is 192 Å². The molecule has 2 fully saturated rings. The molecule has 1 N–H and O–H groups in total. The molecule has 4 rings (SSSR count). The van der Waals surface area contributed by atoms with Crippen molar-refractivity contribution >= 4 is 5.91 Å². The van der Waals surface area contributed by atoms with E-state index >= 15 is 0 Å². The van der Waals surface area contributed by atoms with E-state index in [9.17, 15) is 4.79 Å². The van der Waals surface area contributed by atoms with Crippen LogP contribution >= 0.6 is 0 Å². The van der Waals surface area contributed by atoms with E-state index < -0.39 is 0 Å². The fourth-order valence-corrected chi connectivity index (χ4v) is 5.21. The molecule has 0 radical (unpaired) electrons. The van der Waals surface area contributed by atoms with Gasteiger partial charge in [-0.15, -0.1) is 0 Å². The van der Waals surface area contributed by atoms with Gasteiger partial charge in [0.05, 0.1) is 0 Å². The summed E-state index contributed by atoms with van der Waals surface area (Å²) in [7, 11) is 0. The number of nitrogens with one attached hydrogen (secondary N) is 1. The van der Waals surface area contributed by atoms with Crippen LogP contribution in [0.5, 0.6) is 0 Å². The van der Waals surface area contributed by atoms with Gasteiger partial charge < -0.3 is 15.0 Å². The van der Waals surface area contributed by atoms with Crippen molar-refractivity contribution in [3.8, 4) is 0 Å². The summed E-state index contributed by atoms with van der Waals surface area (Å²) in [4.78, 5) is 17.5. The molecule has 0 aromatic heterocycles. The number of benzene rings is 2. The minimum atomic E-state index is -0.226. The Balaban J connectivity index is 1.28. The minimum Gasteiger partial charge on any atom is -0.359 e. The first-order chi connectivity index (χ1) is 15.6. The van der Waals surface area contributed by atoms with Crippen LogP contribution in [0.15, 0.2) is 60.7 Å². The summed E-state index contributed by atoms with van der Waals surface area (Å²) in [5.41, 5.74) is 2.15. The second-order valence-electron chi connectivity index (χ2n) is 9.52. The summed E-state index contributed by atoms with van der Waals surface area (Å²) in [6, 6.07) is 21.4. The number of piperidine rings is 1. The molecule has 2 aliphatic heterocycles. The number of ether oxygens (including phenoxy) is 1. The maximum Gasteiger partial charge on any atom is 0.248 e. The SMILES string of the molecule is CC1CN(CC2CCN(C(=O)COC(c3ccccc3)c3ccccc3)CC2)CC(C)N1. The number of nitrogens with zero attached hydrogens (tertiary/aromatic N) is 2. The second-order valence-corrected chi connectivity index (χ2v) is 9.52. The van der Waals surface area contributed by atoms with E-state index in [0.29, 0.717) is 18.0 Å². The number of likely N-dealkylation sites (tertiary alicyclic amines) is 1. The zero-order chi connectivity index (χ0) is 22.3. The molecule has 2 aliphatic rings. The van der Waals surface area contributed by atoms with Crippen LogP contribution in [-0.2, 0) is 9.53 Å². The number of hydrogen-bond acceptors (Lipinski definition) is 4. The Morgan fingerprint density at radius 2 is 1.47 bits per heavy atom. The smallest absolute Gasteiger partial charge is 0.248 e. The number of rotatable bonds is 7. The van der Waals surface area contributed by atoms with Gasteiger partial charge in [0.1, 0.15) is 12.7 Å². The zero-order valence-corrected chi connectivity index (χ0v) is 19.5. The molecule has 5 heteroatoms. The van der Waals surface area contributed by atoms with E-state index in [0.717, 1.165) is 56.7 Å². The molecular formula is C27H37N3O2. The number of amides is 1. The highest BCUT2D eigenvalue weighted by molar-refractivity contribution is 5.77. The molecule has 2 atom stereocenters. The standard InChI is InChI=1S/C27H37N3O2/c1-21-17-29(18-22(2)28-21)19-23-13-15-30(16-14-23)26(31)20-32-27(24-9-5-3-6-10-24)25-11-7-4-8-12-25/h3-12,21-23,27-28H,13-20H2,1-2H3. The minimum absolute atomic E-state index is 0.102. The molecule has 0 saturated carbocycles. The molecule has 0 bridgehead atoms. The Kier molecular flexibility index (Phi) is 7.95. The lowest BCUT2D eigenvalue weighted by atomic mass is 9.95. The van der Waals surface area contributed by atoms with Crippen LogP contribution in [-0.4, -0.2) is 67.1 Å². The summed E-state index contributed by atoms with van der Waals surface area (Å²) < 4.78 is 6.19. The first kappa shape index (κ1) is 23.0. The summed E-state index contributed by atoms with van der Waals surface area (Å²) in [6.45, 7) is 9.72. The van der Waals surface area contributed by atoms with Crippen molar-refractivity contribution in [1.29, 1.82) is 0 Å². The molecule has 1 amide bonds. The molecule has 2 aromatic carbocycles.